The van der Waals surface area contributed by atoms with Crippen molar-refractivity contribution in [2.75, 3.05) is 13.2 Å². The summed E-state index contributed by atoms with van der Waals surface area (Å²) >= 11 is 0. The molecule has 0 aliphatic rings. The summed E-state index contributed by atoms with van der Waals surface area (Å²) in [6.45, 7) is 4.41. The monoisotopic (exact) mass is 236 g/mol. The Morgan fingerprint density at radius 3 is 2.76 bits per heavy atom. The lowest BCUT2D eigenvalue weighted by molar-refractivity contribution is -0.107. The highest BCUT2D eigenvalue weighted by molar-refractivity contribution is 5.51. The molecule has 3 heteroatoms. The van der Waals surface area contributed by atoms with Gasteiger partial charge >= 0.3 is 0 Å². The zero-order chi connectivity index (χ0) is 12.7. The molecule has 0 bridgehead atoms. The summed E-state index contributed by atoms with van der Waals surface area (Å²) < 4.78 is 5.55. The van der Waals surface area contributed by atoms with Gasteiger partial charge in [0, 0.05) is 6.42 Å². The topological polar surface area (TPSA) is 46.5 Å². The van der Waals surface area contributed by atoms with E-state index in [1.165, 1.54) is 5.56 Å². The summed E-state index contributed by atoms with van der Waals surface area (Å²) in [5.41, 5.74) is 3.38. The minimum Gasteiger partial charge on any atom is -0.491 e. The Morgan fingerprint density at radius 1 is 1.41 bits per heavy atom. The van der Waals surface area contributed by atoms with E-state index < -0.39 is 0 Å². The normalized spacial score (nSPS) is 10.3. The molecule has 94 valence electrons. The Hall–Kier alpha value is -1.35. The van der Waals surface area contributed by atoms with Crippen molar-refractivity contribution in [1.29, 1.82) is 0 Å². The summed E-state index contributed by atoms with van der Waals surface area (Å²) in [6.07, 6.45) is 3.16. The van der Waals surface area contributed by atoms with Crippen LogP contribution in [0.4, 0.5) is 0 Å². The highest BCUT2D eigenvalue weighted by Gasteiger charge is 2.08. The molecule has 0 atom stereocenters. The third-order valence-corrected chi connectivity index (χ3v) is 2.68. The number of hydrogen-bond donors (Lipinski definition) is 1. The van der Waals surface area contributed by atoms with E-state index in [2.05, 4.69) is 19.1 Å². The molecule has 0 fully saturated rings. The molecule has 3 nitrogen and oxygen atoms in total. The van der Waals surface area contributed by atoms with Crippen LogP contribution in [0.2, 0.25) is 0 Å². The molecule has 1 aromatic carbocycles. The molecule has 0 aliphatic heterocycles. The second-order valence-corrected chi connectivity index (χ2v) is 4.03. The molecular weight excluding hydrogens is 216 g/mol. The predicted octanol–water partition coefficient (Wildman–Crippen LogP) is 2.06. The van der Waals surface area contributed by atoms with E-state index in [0.29, 0.717) is 13.0 Å². The van der Waals surface area contributed by atoms with Crippen molar-refractivity contribution in [3.63, 3.8) is 0 Å². The predicted molar refractivity (Wildman–Crippen MR) is 67.5 cm³/mol. The molecule has 1 rings (SSSR count). The molecule has 0 radical (unpaired) electrons. The summed E-state index contributed by atoms with van der Waals surface area (Å²) in [4.78, 5) is 10.4. The Kier molecular flexibility index (Phi) is 5.70. The van der Waals surface area contributed by atoms with Gasteiger partial charge < -0.3 is 14.6 Å². The Labute approximate surface area is 102 Å². The van der Waals surface area contributed by atoms with Crippen molar-refractivity contribution in [2.45, 2.75) is 33.1 Å². The van der Waals surface area contributed by atoms with Gasteiger partial charge in [-0.05, 0) is 36.5 Å². The minimum atomic E-state index is 0.0233. The van der Waals surface area contributed by atoms with Crippen LogP contribution < -0.4 is 4.74 Å². The lowest BCUT2D eigenvalue weighted by Gasteiger charge is -2.14. The van der Waals surface area contributed by atoms with Crippen LogP contribution in [0.5, 0.6) is 5.75 Å². The third kappa shape index (κ3) is 3.86. The van der Waals surface area contributed by atoms with Crippen LogP contribution in [0.25, 0.3) is 0 Å². The molecule has 0 aromatic heterocycles. The average Bonchev–Trinajstić information content (AvgIpc) is 2.34. The van der Waals surface area contributed by atoms with Crippen LogP contribution in [-0.4, -0.2) is 24.6 Å². The fourth-order valence-corrected chi connectivity index (χ4v) is 1.91. The SMILES string of the molecule is CCc1cc(CCC=O)cc(C)c1OCCO. The Bertz CT molecular complexity index is 372. The zero-order valence-corrected chi connectivity index (χ0v) is 10.5. The molecule has 1 aromatic rings. The summed E-state index contributed by atoms with van der Waals surface area (Å²) in [5, 5.41) is 8.79. The van der Waals surface area contributed by atoms with E-state index in [1.807, 2.05) is 6.92 Å². The number of aldehydes is 1. The standard InChI is InChI=1S/C14H20O3/c1-3-13-10-12(5-4-6-15)9-11(2)14(13)17-8-7-16/h6,9-10,16H,3-5,7-8H2,1-2H3. The van der Waals surface area contributed by atoms with Crippen LogP contribution >= 0.6 is 0 Å². The molecule has 0 aliphatic carbocycles. The van der Waals surface area contributed by atoms with Crippen LogP contribution in [0.15, 0.2) is 12.1 Å². The first kappa shape index (κ1) is 13.7. The van der Waals surface area contributed by atoms with Crippen LogP contribution in [-0.2, 0) is 17.6 Å². The van der Waals surface area contributed by atoms with Gasteiger partial charge in [-0.2, -0.15) is 0 Å². The number of aliphatic hydroxyl groups excluding tert-OH is 1. The first-order chi connectivity index (χ1) is 8.22. The lowest BCUT2D eigenvalue weighted by atomic mass is 10.0. The molecule has 0 heterocycles. The van der Waals surface area contributed by atoms with Gasteiger partial charge in [0.05, 0.1) is 6.61 Å². The number of carbonyl (C=O) groups is 1. The Morgan fingerprint density at radius 2 is 2.18 bits per heavy atom. The highest BCUT2D eigenvalue weighted by atomic mass is 16.5. The summed E-state index contributed by atoms with van der Waals surface area (Å²) in [5.74, 6) is 0.872. The van der Waals surface area contributed by atoms with Gasteiger partial charge in [-0.15, -0.1) is 0 Å². The van der Waals surface area contributed by atoms with Crippen molar-refractivity contribution >= 4 is 6.29 Å². The maximum Gasteiger partial charge on any atom is 0.125 e. The van der Waals surface area contributed by atoms with Crippen molar-refractivity contribution in [2.24, 2.45) is 0 Å². The van der Waals surface area contributed by atoms with Gasteiger partial charge in [-0.1, -0.05) is 19.1 Å². The van der Waals surface area contributed by atoms with E-state index in [9.17, 15) is 4.79 Å². The summed E-state index contributed by atoms with van der Waals surface area (Å²) in [6, 6.07) is 4.14. The molecule has 0 spiro atoms. The number of rotatable bonds is 7. The van der Waals surface area contributed by atoms with E-state index in [0.717, 1.165) is 36.0 Å². The van der Waals surface area contributed by atoms with Gasteiger partial charge in [0.2, 0.25) is 0 Å². The van der Waals surface area contributed by atoms with Crippen molar-refractivity contribution in [3.8, 4) is 5.75 Å². The summed E-state index contributed by atoms with van der Waals surface area (Å²) in [7, 11) is 0. The van der Waals surface area contributed by atoms with Crippen molar-refractivity contribution in [3.05, 3.63) is 28.8 Å². The third-order valence-electron chi connectivity index (χ3n) is 2.68. The second-order valence-electron chi connectivity index (χ2n) is 4.03. The van der Waals surface area contributed by atoms with Crippen LogP contribution in [0.1, 0.15) is 30.0 Å². The van der Waals surface area contributed by atoms with E-state index in [-0.39, 0.29) is 6.61 Å². The van der Waals surface area contributed by atoms with Gasteiger partial charge in [0.1, 0.15) is 18.6 Å². The van der Waals surface area contributed by atoms with Gasteiger partial charge in [0.25, 0.3) is 0 Å². The van der Waals surface area contributed by atoms with Crippen LogP contribution in [0.3, 0.4) is 0 Å². The molecule has 0 unspecified atom stereocenters. The average molecular weight is 236 g/mol. The van der Waals surface area contributed by atoms with Crippen molar-refractivity contribution < 1.29 is 14.6 Å². The second kappa shape index (κ2) is 7.07. The Balaban J connectivity index is 2.94. The first-order valence-corrected chi connectivity index (χ1v) is 6.02. The zero-order valence-electron chi connectivity index (χ0n) is 10.5. The van der Waals surface area contributed by atoms with Gasteiger partial charge in [-0.25, -0.2) is 0 Å². The highest BCUT2D eigenvalue weighted by Crippen LogP contribution is 2.26. The number of aliphatic hydroxyl groups is 1. The maximum atomic E-state index is 10.4. The lowest BCUT2D eigenvalue weighted by Crippen LogP contribution is -2.06. The first-order valence-electron chi connectivity index (χ1n) is 6.02. The number of aryl methyl sites for hydroxylation is 3. The smallest absolute Gasteiger partial charge is 0.125 e. The van der Waals surface area contributed by atoms with Gasteiger partial charge in [-0.3, -0.25) is 0 Å². The van der Waals surface area contributed by atoms with E-state index in [1.54, 1.807) is 0 Å². The largest absolute Gasteiger partial charge is 0.491 e. The number of hydrogen-bond acceptors (Lipinski definition) is 3. The fourth-order valence-electron chi connectivity index (χ4n) is 1.91. The number of benzene rings is 1. The molecule has 17 heavy (non-hydrogen) atoms. The van der Waals surface area contributed by atoms with Gasteiger partial charge in [0.15, 0.2) is 0 Å². The van der Waals surface area contributed by atoms with Crippen LogP contribution in [0, 0.1) is 6.92 Å². The minimum absolute atomic E-state index is 0.0233. The van der Waals surface area contributed by atoms with Crippen molar-refractivity contribution in [1.82, 2.24) is 0 Å². The molecule has 1 N–H and O–H groups in total. The molecule has 0 amide bonds. The quantitative estimate of drug-likeness (QED) is 0.737. The number of carbonyl (C=O) groups excluding carboxylic acids is 1. The molecular formula is C14H20O3. The maximum absolute atomic E-state index is 10.4. The number of ether oxygens (including phenoxy) is 1. The molecule has 0 saturated heterocycles. The van der Waals surface area contributed by atoms with E-state index >= 15 is 0 Å². The fraction of sp³-hybridized carbons (Fsp3) is 0.500. The van der Waals surface area contributed by atoms with E-state index in [4.69, 9.17) is 9.84 Å². The molecule has 0 saturated carbocycles.